The van der Waals surface area contributed by atoms with Gasteiger partial charge in [-0.3, -0.25) is 4.79 Å². The van der Waals surface area contributed by atoms with Crippen LogP contribution in [0, 0.1) is 0 Å². The van der Waals surface area contributed by atoms with Gasteiger partial charge in [-0.1, -0.05) is 25.5 Å². The highest BCUT2D eigenvalue weighted by Gasteiger charge is 2.23. The highest BCUT2D eigenvalue weighted by atomic mass is 32.2. The molecule has 6 heteroatoms. The maximum absolute atomic E-state index is 12.7. The fourth-order valence-corrected chi connectivity index (χ4v) is 4.42. The van der Waals surface area contributed by atoms with Crippen molar-refractivity contribution in [1.29, 1.82) is 0 Å². The van der Waals surface area contributed by atoms with Crippen molar-refractivity contribution in [3.63, 3.8) is 0 Å². The maximum Gasteiger partial charge on any atom is 0.336 e. The molecule has 0 fully saturated rings. The molecule has 1 aliphatic heterocycles. The maximum atomic E-state index is 12.7. The highest BCUT2D eigenvalue weighted by Crippen LogP contribution is 2.34. The van der Waals surface area contributed by atoms with E-state index >= 15 is 0 Å². The zero-order valence-electron chi connectivity index (χ0n) is 15.6. The van der Waals surface area contributed by atoms with Crippen LogP contribution in [0.5, 0.6) is 5.75 Å². The van der Waals surface area contributed by atoms with Crippen molar-refractivity contribution in [1.82, 2.24) is 0 Å². The summed E-state index contributed by atoms with van der Waals surface area (Å²) in [5.41, 5.74) is 2.02. The van der Waals surface area contributed by atoms with Gasteiger partial charge in [0.25, 0.3) is 5.91 Å². The van der Waals surface area contributed by atoms with Crippen LogP contribution in [0.25, 0.3) is 11.0 Å². The summed E-state index contributed by atoms with van der Waals surface area (Å²) in [4.78, 5) is 27.4. The molecule has 0 unspecified atom stereocenters. The van der Waals surface area contributed by atoms with Crippen molar-refractivity contribution in [3.05, 3.63) is 64.5 Å². The number of hydrogen-bond donors (Lipinski definition) is 0. The zero-order chi connectivity index (χ0) is 19.5. The summed E-state index contributed by atoms with van der Waals surface area (Å²) in [6, 6.07) is 14.8. The van der Waals surface area contributed by atoms with Crippen LogP contribution in [-0.2, 0) is 11.2 Å². The Hall–Kier alpha value is -2.73. The second-order valence-electron chi connectivity index (χ2n) is 6.65. The van der Waals surface area contributed by atoms with Crippen molar-refractivity contribution < 1.29 is 13.9 Å². The number of aryl methyl sites for hydroxylation is 1. The number of fused-ring (bicyclic) bond motifs is 2. The van der Waals surface area contributed by atoms with E-state index in [0.717, 1.165) is 40.1 Å². The van der Waals surface area contributed by atoms with E-state index in [1.165, 1.54) is 0 Å². The van der Waals surface area contributed by atoms with Gasteiger partial charge in [0.1, 0.15) is 11.3 Å². The molecule has 5 nitrogen and oxygen atoms in total. The lowest BCUT2D eigenvalue weighted by atomic mass is 10.1. The molecule has 144 valence electrons. The van der Waals surface area contributed by atoms with E-state index in [9.17, 15) is 9.59 Å². The molecule has 0 N–H and O–H groups in total. The summed E-state index contributed by atoms with van der Waals surface area (Å²) >= 11 is 1.76. The average Bonchev–Trinajstić information content (AvgIpc) is 2.71. The molecule has 28 heavy (non-hydrogen) atoms. The molecular formula is C22H21NO4S. The van der Waals surface area contributed by atoms with Crippen LogP contribution in [0.1, 0.15) is 18.9 Å². The zero-order valence-corrected chi connectivity index (χ0v) is 16.5. The lowest BCUT2D eigenvalue weighted by Gasteiger charge is -2.28. The van der Waals surface area contributed by atoms with E-state index < -0.39 is 0 Å². The van der Waals surface area contributed by atoms with Crippen LogP contribution in [0.4, 0.5) is 5.69 Å². The minimum Gasteiger partial charge on any atom is -0.484 e. The Labute approximate surface area is 167 Å². The molecule has 2 aromatic carbocycles. The number of hydrogen-bond acceptors (Lipinski definition) is 5. The van der Waals surface area contributed by atoms with Crippen LogP contribution < -0.4 is 15.3 Å². The highest BCUT2D eigenvalue weighted by molar-refractivity contribution is 7.99. The van der Waals surface area contributed by atoms with Crippen LogP contribution in [0.3, 0.4) is 0 Å². The minimum absolute atomic E-state index is 0.0661. The topological polar surface area (TPSA) is 59.8 Å². The molecule has 1 amide bonds. The van der Waals surface area contributed by atoms with E-state index in [1.807, 2.05) is 36.4 Å². The Morgan fingerprint density at radius 1 is 1.21 bits per heavy atom. The monoisotopic (exact) mass is 395 g/mol. The van der Waals surface area contributed by atoms with Crippen LogP contribution in [0.15, 0.2) is 62.6 Å². The van der Waals surface area contributed by atoms with Crippen molar-refractivity contribution in [2.45, 2.75) is 24.7 Å². The van der Waals surface area contributed by atoms with Gasteiger partial charge in [0.2, 0.25) is 0 Å². The van der Waals surface area contributed by atoms with Gasteiger partial charge in [-0.25, -0.2) is 4.79 Å². The Morgan fingerprint density at radius 3 is 2.93 bits per heavy atom. The molecule has 0 atom stereocenters. The van der Waals surface area contributed by atoms with E-state index in [-0.39, 0.29) is 18.1 Å². The summed E-state index contributed by atoms with van der Waals surface area (Å²) in [5, 5.41) is 0.905. The summed E-state index contributed by atoms with van der Waals surface area (Å²) in [6.45, 7) is 2.67. The molecule has 2 heterocycles. The number of benzene rings is 2. The lowest BCUT2D eigenvalue weighted by Crippen LogP contribution is -2.38. The van der Waals surface area contributed by atoms with E-state index in [4.69, 9.17) is 9.15 Å². The minimum atomic E-state index is -0.369. The predicted octanol–water partition coefficient (Wildman–Crippen LogP) is 4.26. The molecule has 4 rings (SSSR count). The first-order valence-electron chi connectivity index (χ1n) is 9.37. The molecule has 0 radical (unpaired) electrons. The molecule has 1 aromatic heterocycles. The van der Waals surface area contributed by atoms with Gasteiger partial charge < -0.3 is 14.1 Å². The average molecular weight is 395 g/mol. The third-order valence-electron chi connectivity index (χ3n) is 4.71. The summed E-state index contributed by atoms with van der Waals surface area (Å²) < 4.78 is 11.0. The second kappa shape index (κ2) is 8.10. The molecule has 0 aliphatic carbocycles. The Balaban J connectivity index is 1.52. The molecule has 0 spiro atoms. The molecule has 3 aromatic rings. The van der Waals surface area contributed by atoms with Gasteiger partial charge in [0.15, 0.2) is 6.61 Å². The summed E-state index contributed by atoms with van der Waals surface area (Å²) in [7, 11) is 0. The third-order valence-corrected chi connectivity index (χ3v) is 5.76. The van der Waals surface area contributed by atoms with Crippen molar-refractivity contribution in [2.75, 3.05) is 23.8 Å². The van der Waals surface area contributed by atoms with E-state index in [0.29, 0.717) is 17.9 Å². The number of rotatable bonds is 5. The number of carbonyl (C=O) groups excluding carboxylic acids is 1. The number of anilines is 1. The number of para-hydroxylation sites is 1. The van der Waals surface area contributed by atoms with Crippen molar-refractivity contribution in [2.24, 2.45) is 0 Å². The van der Waals surface area contributed by atoms with Gasteiger partial charge in [-0.2, -0.15) is 0 Å². The number of carbonyl (C=O) groups is 1. The lowest BCUT2D eigenvalue weighted by molar-refractivity contribution is -0.120. The normalized spacial score (nSPS) is 13.4. The molecule has 0 saturated heterocycles. The summed E-state index contributed by atoms with van der Waals surface area (Å²) in [5.74, 6) is 1.29. The number of amides is 1. The van der Waals surface area contributed by atoms with Gasteiger partial charge in [0, 0.05) is 34.7 Å². The van der Waals surface area contributed by atoms with Crippen molar-refractivity contribution >= 4 is 34.3 Å². The second-order valence-corrected chi connectivity index (χ2v) is 7.79. The first-order valence-corrected chi connectivity index (χ1v) is 10.4. The van der Waals surface area contributed by atoms with Crippen LogP contribution >= 0.6 is 11.8 Å². The van der Waals surface area contributed by atoms with Gasteiger partial charge in [-0.05, 0) is 36.2 Å². The Bertz CT molecular complexity index is 1080. The van der Waals surface area contributed by atoms with Crippen molar-refractivity contribution in [3.8, 4) is 5.75 Å². The first kappa shape index (κ1) is 18.6. The fourth-order valence-electron chi connectivity index (χ4n) is 3.43. The molecule has 1 aliphatic rings. The number of nitrogens with zero attached hydrogens (tertiary/aromatic N) is 1. The van der Waals surface area contributed by atoms with Gasteiger partial charge in [0.05, 0.1) is 5.69 Å². The molecule has 0 bridgehead atoms. The molecule has 0 saturated carbocycles. The third kappa shape index (κ3) is 3.78. The quantitative estimate of drug-likeness (QED) is 0.604. The van der Waals surface area contributed by atoms with E-state index in [2.05, 4.69) is 6.92 Å². The largest absolute Gasteiger partial charge is 0.484 e. The van der Waals surface area contributed by atoms with Gasteiger partial charge in [-0.15, -0.1) is 11.8 Å². The van der Waals surface area contributed by atoms with Crippen LogP contribution in [-0.4, -0.2) is 24.8 Å². The number of thioether (sulfide) groups is 1. The van der Waals surface area contributed by atoms with Crippen LogP contribution in [0.2, 0.25) is 0 Å². The SMILES string of the molecule is CCCc1cc(=O)oc2cc(OCC(=O)N3CCSc4ccccc43)ccc12. The Kier molecular flexibility index (Phi) is 5.39. The smallest absolute Gasteiger partial charge is 0.336 e. The summed E-state index contributed by atoms with van der Waals surface area (Å²) in [6.07, 6.45) is 1.76. The first-order chi connectivity index (χ1) is 13.7. The number of ether oxygens (including phenoxy) is 1. The van der Waals surface area contributed by atoms with E-state index in [1.54, 1.807) is 28.8 Å². The Morgan fingerprint density at radius 2 is 2.07 bits per heavy atom. The van der Waals surface area contributed by atoms with Gasteiger partial charge >= 0.3 is 5.63 Å². The fraction of sp³-hybridized carbons (Fsp3) is 0.273. The standard InChI is InChI=1S/C22H21NO4S/c1-2-5-15-12-22(25)27-19-13-16(8-9-17(15)19)26-14-21(24)23-10-11-28-20-7-4-3-6-18(20)23/h3-4,6-9,12-13H,2,5,10-11,14H2,1H3. The predicted molar refractivity (Wildman–Crippen MR) is 111 cm³/mol. The molecular weight excluding hydrogens is 374 g/mol.